The zero-order chi connectivity index (χ0) is 24.7. The maximum Gasteiger partial charge on any atom is 0.337 e. The summed E-state index contributed by atoms with van der Waals surface area (Å²) in [4.78, 5) is 23.5. The number of aromatic nitrogens is 2. The van der Waals surface area contributed by atoms with Crippen molar-refractivity contribution < 1.29 is 15.0 Å². The van der Waals surface area contributed by atoms with Gasteiger partial charge in [0.25, 0.3) is 0 Å². The van der Waals surface area contributed by atoms with Gasteiger partial charge in [0.05, 0.1) is 28.7 Å². The van der Waals surface area contributed by atoms with Crippen molar-refractivity contribution in [2.24, 2.45) is 5.41 Å². The Bertz CT molecular complexity index is 1350. The van der Waals surface area contributed by atoms with Crippen LogP contribution in [0.25, 0.3) is 11.0 Å². The number of nitrogens with one attached hydrogen (secondary N) is 1. The van der Waals surface area contributed by atoms with Crippen LogP contribution in [-0.4, -0.2) is 45.3 Å². The molecule has 3 unspecified atom stereocenters. The van der Waals surface area contributed by atoms with E-state index in [1.54, 1.807) is 24.3 Å². The maximum absolute atomic E-state index is 11.7. The normalized spacial score (nSPS) is 22.5. The summed E-state index contributed by atoms with van der Waals surface area (Å²) in [6.07, 6.45) is 3.43. The number of aryl methyl sites for hydroxylation is 1. The Balaban J connectivity index is 1.56. The summed E-state index contributed by atoms with van der Waals surface area (Å²) in [7, 11) is 0. The fraction of sp³-hybridized carbons (Fsp3) is 0.407. The van der Waals surface area contributed by atoms with Crippen molar-refractivity contribution in [2.75, 3.05) is 23.3 Å². The highest BCUT2D eigenvalue weighted by molar-refractivity contribution is 5.94. The number of nitrogens with zero attached hydrogens (tertiary/aromatic N) is 4. The van der Waals surface area contributed by atoms with Gasteiger partial charge in [-0.15, -0.1) is 0 Å². The van der Waals surface area contributed by atoms with Crippen LogP contribution in [0, 0.1) is 23.7 Å². The number of benzene rings is 2. The van der Waals surface area contributed by atoms with Crippen LogP contribution < -0.4 is 10.2 Å². The number of nitriles is 1. The smallest absolute Gasteiger partial charge is 0.337 e. The zero-order valence-electron chi connectivity index (χ0n) is 20.0. The Hall–Kier alpha value is -3.70. The van der Waals surface area contributed by atoms with E-state index < -0.39 is 5.97 Å². The molecule has 8 nitrogen and oxygen atoms in total. The van der Waals surface area contributed by atoms with Crippen LogP contribution in [-0.2, 0) is 0 Å². The van der Waals surface area contributed by atoms with Crippen molar-refractivity contribution in [3.05, 3.63) is 58.8 Å². The molecule has 3 aromatic rings. The second-order valence-electron chi connectivity index (χ2n) is 9.89. The molecule has 2 fully saturated rings. The monoisotopic (exact) mass is 471 g/mol. The molecule has 8 heteroatoms. The largest absolute Gasteiger partial charge is 0.478 e. The van der Waals surface area contributed by atoms with E-state index in [-0.39, 0.29) is 28.8 Å². The van der Waals surface area contributed by atoms with Gasteiger partial charge in [0.15, 0.2) is 11.5 Å². The van der Waals surface area contributed by atoms with E-state index in [1.807, 2.05) is 26.0 Å². The first kappa shape index (κ1) is 23.1. The predicted molar refractivity (Wildman–Crippen MR) is 134 cm³/mol. The first-order chi connectivity index (χ1) is 16.8. The highest BCUT2D eigenvalue weighted by atomic mass is 16.4. The lowest BCUT2D eigenvalue weighted by Gasteiger charge is -2.52. The average Bonchev–Trinajstić information content (AvgIpc) is 2.86. The fourth-order valence-corrected chi connectivity index (χ4v) is 5.55. The molecule has 1 aromatic heterocycles. The van der Waals surface area contributed by atoms with Crippen molar-refractivity contribution in [1.82, 2.24) is 9.97 Å². The molecule has 1 saturated carbocycles. The molecular weight excluding hydrogens is 442 g/mol. The molecule has 1 spiro atoms. The number of para-hydroxylation sites is 1. The number of hydrogen-bond donors (Lipinski definition) is 3. The van der Waals surface area contributed by atoms with Gasteiger partial charge in [-0.3, -0.25) is 0 Å². The number of hydrogen-bond acceptors (Lipinski definition) is 7. The molecule has 180 valence electrons. The third-order valence-electron chi connectivity index (χ3n) is 7.56. The van der Waals surface area contributed by atoms with Gasteiger partial charge in [0.1, 0.15) is 6.07 Å². The van der Waals surface area contributed by atoms with Gasteiger partial charge in [-0.25, -0.2) is 14.8 Å². The van der Waals surface area contributed by atoms with Crippen LogP contribution in [0.5, 0.6) is 0 Å². The summed E-state index contributed by atoms with van der Waals surface area (Å²) < 4.78 is 0. The average molecular weight is 472 g/mol. The van der Waals surface area contributed by atoms with E-state index in [0.29, 0.717) is 29.1 Å². The third kappa shape index (κ3) is 4.06. The van der Waals surface area contributed by atoms with Gasteiger partial charge in [-0.1, -0.05) is 18.2 Å². The summed E-state index contributed by atoms with van der Waals surface area (Å²) in [5.74, 6) is -0.436. The maximum atomic E-state index is 11.7. The minimum absolute atomic E-state index is 0.118. The summed E-state index contributed by atoms with van der Waals surface area (Å²) in [6, 6.07) is 12.7. The molecule has 3 N–H and O–H groups in total. The number of piperidine rings is 1. The second kappa shape index (κ2) is 8.82. The van der Waals surface area contributed by atoms with E-state index in [1.165, 1.54) is 0 Å². The topological polar surface area (TPSA) is 122 Å². The van der Waals surface area contributed by atoms with Gasteiger partial charge >= 0.3 is 5.97 Å². The van der Waals surface area contributed by atoms with Crippen LogP contribution in [0.2, 0.25) is 0 Å². The van der Waals surface area contributed by atoms with Crippen molar-refractivity contribution in [3.8, 4) is 6.07 Å². The molecule has 0 radical (unpaired) electrons. The van der Waals surface area contributed by atoms with Gasteiger partial charge in [0, 0.05) is 29.8 Å². The molecule has 3 atom stereocenters. The second-order valence-corrected chi connectivity index (χ2v) is 9.89. The number of carboxylic acid groups (broad SMARTS) is 1. The van der Waals surface area contributed by atoms with E-state index in [4.69, 9.17) is 4.98 Å². The highest BCUT2D eigenvalue weighted by Crippen LogP contribution is 2.48. The van der Waals surface area contributed by atoms with Crippen molar-refractivity contribution in [3.63, 3.8) is 0 Å². The van der Waals surface area contributed by atoms with Crippen molar-refractivity contribution >= 4 is 28.5 Å². The molecular formula is C27H29N5O3. The number of carboxylic acids is 1. The van der Waals surface area contributed by atoms with E-state index in [9.17, 15) is 20.3 Å². The predicted octanol–water partition coefficient (Wildman–Crippen LogP) is 4.42. The quantitative estimate of drug-likeness (QED) is 0.500. The zero-order valence-corrected chi connectivity index (χ0v) is 20.0. The Kier molecular flexibility index (Phi) is 5.81. The van der Waals surface area contributed by atoms with Gasteiger partial charge in [0.2, 0.25) is 0 Å². The Labute approximate surface area is 204 Å². The Morgan fingerprint density at radius 3 is 2.77 bits per heavy atom. The summed E-state index contributed by atoms with van der Waals surface area (Å²) in [5, 5.41) is 33.3. The molecule has 5 rings (SSSR count). The number of aliphatic hydroxyl groups is 1. The van der Waals surface area contributed by atoms with Crippen molar-refractivity contribution in [1.29, 1.82) is 5.26 Å². The SMILES string of the molecule is Cc1cc(C(C)Nc2ccccc2C(=O)O)c2nc(N3CCCC4(CCC4O)C3)c(C#N)nc2c1. The summed E-state index contributed by atoms with van der Waals surface area (Å²) in [5.41, 5.74) is 4.09. The number of anilines is 2. The summed E-state index contributed by atoms with van der Waals surface area (Å²) in [6.45, 7) is 5.37. The van der Waals surface area contributed by atoms with Gasteiger partial charge < -0.3 is 20.4 Å². The minimum atomic E-state index is -0.993. The third-order valence-corrected chi connectivity index (χ3v) is 7.56. The lowest BCUT2D eigenvalue weighted by Crippen LogP contribution is -2.55. The number of rotatable bonds is 5. The molecule has 2 aromatic carbocycles. The molecule has 35 heavy (non-hydrogen) atoms. The first-order valence-corrected chi connectivity index (χ1v) is 12.1. The van der Waals surface area contributed by atoms with Crippen LogP contribution in [0.3, 0.4) is 0 Å². The molecule has 0 amide bonds. The molecule has 2 aliphatic rings. The lowest BCUT2D eigenvalue weighted by atomic mass is 9.62. The number of aliphatic hydroxyl groups excluding tert-OH is 1. The van der Waals surface area contributed by atoms with Crippen molar-refractivity contribution in [2.45, 2.75) is 51.7 Å². The summed E-state index contributed by atoms with van der Waals surface area (Å²) >= 11 is 0. The fourth-order valence-electron chi connectivity index (χ4n) is 5.55. The van der Waals surface area contributed by atoms with E-state index in [2.05, 4.69) is 21.3 Å². The molecule has 2 heterocycles. The number of carbonyl (C=O) groups is 1. The van der Waals surface area contributed by atoms with Gasteiger partial charge in [-0.2, -0.15) is 5.26 Å². The number of fused-ring (bicyclic) bond motifs is 1. The standard InChI is InChI=1S/C27H29N5O3/c1-16-12-19(17(2)29-20-7-4-3-6-18(20)26(34)35)24-21(13-16)30-22(14-28)25(31-24)32-11-5-9-27(15-32)10-8-23(27)33/h3-4,6-7,12-13,17,23,29,33H,5,8-11,15H2,1-2H3,(H,34,35). The molecule has 1 aliphatic heterocycles. The van der Waals surface area contributed by atoms with E-state index in [0.717, 1.165) is 43.4 Å². The van der Waals surface area contributed by atoms with Crippen LogP contribution in [0.4, 0.5) is 11.5 Å². The molecule has 1 aliphatic carbocycles. The van der Waals surface area contributed by atoms with E-state index >= 15 is 0 Å². The van der Waals surface area contributed by atoms with Gasteiger partial charge in [-0.05, 0) is 63.3 Å². The van der Waals surface area contributed by atoms with Crippen LogP contribution in [0.1, 0.15) is 65.8 Å². The van der Waals surface area contributed by atoms with Crippen LogP contribution >= 0.6 is 0 Å². The minimum Gasteiger partial charge on any atom is -0.478 e. The lowest BCUT2D eigenvalue weighted by molar-refractivity contribution is -0.0719. The Morgan fingerprint density at radius 1 is 1.29 bits per heavy atom. The first-order valence-electron chi connectivity index (χ1n) is 12.1. The highest BCUT2D eigenvalue weighted by Gasteiger charge is 2.48. The molecule has 1 saturated heterocycles. The van der Waals surface area contributed by atoms with Crippen LogP contribution in [0.15, 0.2) is 36.4 Å². The molecule has 0 bridgehead atoms. The number of aromatic carboxylic acids is 1. The Morgan fingerprint density at radius 2 is 2.09 bits per heavy atom.